The zero-order chi connectivity index (χ0) is 19.5. The fourth-order valence-corrected chi connectivity index (χ4v) is 6.27. The second kappa shape index (κ2) is 8.71. The summed E-state index contributed by atoms with van der Waals surface area (Å²) in [4.78, 5) is 0. The summed E-state index contributed by atoms with van der Waals surface area (Å²) >= 11 is 0. The van der Waals surface area contributed by atoms with Crippen molar-refractivity contribution in [2.45, 2.75) is 111 Å². The van der Waals surface area contributed by atoms with Gasteiger partial charge in [0.15, 0.2) is 0 Å². The van der Waals surface area contributed by atoms with Crippen LogP contribution in [0.4, 0.5) is 0 Å². The predicted octanol–water partition coefficient (Wildman–Crippen LogP) is 8.79. The molecule has 0 aromatic rings. The van der Waals surface area contributed by atoms with E-state index in [1.807, 2.05) is 0 Å². The van der Waals surface area contributed by atoms with Gasteiger partial charge >= 0.3 is 0 Å². The van der Waals surface area contributed by atoms with Crippen LogP contribution in [-0.2, 0) is 0 Å². The van der Waals surface area contributed by atoms with Gasteiger partial charge in [-0.3, -0.25) is 0 Å². The van der Waals surface area contributed by atoms with Crippen LogP contribution in [-0.4, -0.2) is 0 Å². The van der Waals surface area contributed by atoms with E-state index < -0.39 is 0 Å². The maximum atomic E-state index is 4.31. The number of allylic oxidation sites excluding steroid dienone is 5. The molecule has 3 aliphatic rings. The Balaban J connectivity index is 1.62. The number of fused-ring (bicyclic) bond motifs is 1. The third-order valence-corrected chi connectivity index (χ3v) is 8.02. The molecule has 0 N–H and O–H groups in total. The first-order valence-corrected chi connectivity index (χ1v) is 11.9. The first-order chi connectivity index (χ1) is 12.8. The zero-order valence-corrected chi connectivity index (χ0v) is 18.7. The van der Waals surface area contributed by atoms with Crippen LogP contribution in [0.5, 0.6) is 0 Å². The number of unbranched alkanes of at least 4 members (excludes halogenated alkanes) is 1. The molecule has 3 saturated carbocycles. The number of hydrogen-bond donors (Lipinski definition) is 0. The highest BCUT2D eigenvalue weighted by Crippen LogP contribution is 2.58. The summed E-state index contributed by atoms with van der Waals surface area (Å²) in [6.45, 7) is 14.1. The summed E-state index contributed by atoms with van der Waals surface area (Å²) in [6.07, 6.45) is 23.0. The van der Waals surface area contributed by atoms with Gasteiger partial charge in [-0.15, -0.1) is 0 Å². The maximum Gasteiger partial charge on any atom is -0.0143 e. The first-order valence-electron chi connectivity index (χ1n) is 11.9. The van der Waals surface area contributed by atoms with E-state index in [0.717, 1.165) is 11.8 Å². The van der Waals surface area contributed by atoms with Gasteiger partial charge in [-0.25, -0.2) is 0 Å². The average molecular weight is 369 g/mol. The molecule has 0 saturated heterocycles. The van der Waals surface area contributed by atoms with Crippen molar-refractivity contribution in [1.82, 2.24) is 0 Å². The second-order valence-electron chi connectivity index (χ2n) is 11.2. The Morgan fingerprint density at radius 3 is 2.52 bits per heavy atom. The van der Waals surface area contributed by atoms with Gasteiger partial charge in [0.05, 0.1) is 0 Å². The first kappa shape index (κ1) is 20.9. The molecule has 3 rings (SSSR count). The second-order valence-corrected chi connectivity index (χ2v) is 11.2. The van der Waals surface area contributed by atoms with Crippen molar-refractivity contribution < 1.29 is 0 Å². The summed E-state index contributed by atoms with van der Waals surface area (Å²) in [5.74, 6) is 1.82. The molecule has 0 aromatic heterocycles. The van der Waals surface area contributed by atoms with E-state index in [-0.39, 0.29) is 0 Å². The lowest BCUT2D eigenvalue weighted by molar-refractivity contribution is 0.126. The third-order valence-electron chi connectivity index (χ3n) is 8.02. The molecule has 27 heavy (non-hydrogen) atoms. The largest absolute Gasteiger partial charge is 0.0956 e. The van der Waals surface area contributed by atoms with E-state index in [4.69, 9.17) is 0 Å². The van der Waals surface area contributed by atoms with E-state index in [2.05, 4.69) is 46.4 Å². The fraction of sp³-hybridized carbons (Fsp3) is 0.778. The molecule has 0 amide bonds. The van der Waals surface area contributed by atoms with E-state index in [0.29, 0.717) is 10.8 Å². The van der Waals surface area contributed by atoms with E-state index in [9.17, 15) is 0 Å². The zero-order valence-electron chi connectivity index (χ0n) is 18.7. The summed E-state index contributed by atoms with van der Waals surface area (Å²) in [5, 5.41) is 0. The van der Waals surface area contributed by atoms with Crippen LogP contribution < -0.4 is 0 Å². The lowest BCUT2D eigenvalue weighted by Gasteiger charge is -2.42. The summed E-state index contributed by atoms with van der Waals surface area (Å²) < 4.78 is 0. The lowest BCUT2D eigenvalue weighted by Crippen LogP contribution is -2.33. The van der Waals surface area contributed by atoms with Gasteiger partial charge < -0.3 is 0 Å². The average Bonchev–Trinajstić information content (AvgIpc) is 2.94. The van der Waals surface area contributed by atoms with Crippen LogP contribution in [0.2, 0.25) is 0 Å². The Morgan fingerprint density at radius 1 is 1.00 bits per heavy atom. The Labute approximate surface area is 169 Å². The molecule has 0 aromatic carbocycles. The van der Waals surface area contributed by atoms with Crippen LogP contribution in [0, 0.1) is 22.7 Å². The molecule has 0 radical (unpaired) electrons. The normalized spacial score (nSPS) is 35.0. The fourth-order valence-electron chi connectivity index (χ4n) is 6.27. The minimum Gasteiger partial charge on any atom is -0.0956 e. The minimum absolute atomic E-state index is 0.499. The molecule has 0 heterocycles. The summed E-state index contributed by atoms with van der Waals surface area (Å²) in [7, 11) is 0. The van der Waals surface area contributed by atoms with Crippen LogP contribution in [0.25, 0.3) is 0 Å². The lowest BCUT2D eigenvalue weighted by atomic mass is 9.62. The molecular formula is C27H44. The van der Waals surface area contributed by atoms with Crippen molar-refractivity contribution in [3.8, 4) is 0 Å². The molecule has 0 aliphatic heterocycles. The van der Waals surface area contributed by atoms with Gasteiger partial charge in [0, 0.05) is 0 Å². The summed E-state index contributed by atoms with van der Waals surface area (Å²) in [5.41, 5.74) is 5.79. The van der Waals surface area contributed by atoms with Crippen LogP contribution >= 0.6 is 0 Å². The molecule has 3 unspecified atom stereocenters. The number of hydrogen-bond acceptors (Lipinski definition) is 0. The smallest absolute Gasteiger partial charge is 0.0143 e. The Kier molecular flexibility index (Phi) is 6.75. The van der Waals surface area contributed by atoms with Crippen LogP contribution in [0.1, 0.15) is 111 Å². The van der Waals surface area contributed by atoms with Crippen molar-refractivity contribution in [2.24, 2.45) is 22.7 Å². The number of rotatable bonds is 5. The predicted molar refractivity (Wildman–Crippen MR) is 120 cm³/mol. The molecule has 0 bridgehead atoms. The Bertz CT molecular complexity index is 582. The Hall–Kier alpha value is -0.780. The van der Waals surface area contributed by atoms with Crippen LogP contribution in [0.3, 0.4) is 0 Å². The molecule has 3 aliphatic carbocycles. The molecule has 0 spiro atoms. The SMILES string of the molecule is C=C1CCCC/C1=C/C=C1\CCCC2(C)C(CCCCC(C)(C)C)CCC12. The van der Waals surface area contributed by atoms with E-state index in [1.54, 1.807) is 5.57 Å². The van der Waals surface area contributed by atoms with Crippen molar-refractivity contribution in [3.05, 3.63) is 35.5 Å². The molecule has 152 valence electrons. The quantitative estimate of drug-likeness (QED) is 0.425. The van der Waals surface area contributed by atoms with Gasteiger partial charge in [0.2, 0.25) is 0 Å². The van der Waals surface area contributed by atoms with Gasteiger partial charge in [0.25, 0.3) is 0 Å². The standard InChI is InChI=1S/C27H44/c1-21-11-6-7-12-22(21)15-16-23-13-10-20-27(5)24(17-18-25(23)27)14-8-9-19-26(2,3)4/h15-16,24-25H,1,6-14,17-20H2,2-5H3/b22-15-,23-16+. The van der Waals surface area contributed by atoms with E-state index in [1.165, 1.54) is 94.6 Å². The van der Waals surface area contributed by atoms with Crippen molar-refractivity contribution in [3.63, 3.8) is 0 Å². The molecule has 3 fully saturated rings. The van der Waals surface area contributed by atoms with Gasteiger partial charge in [-0.05, 0) is 98.9 Å². The van der Waals surface area contributed by atoms with E-state index >= 15 is 0 Å². The highest BCUT2D eigenvalue weighted by atomic mass is 14.5. The maximum absolute atomic E-state index is 4.31. The minimum atomic E-state index is 0.499. The summed E-state index contributed by atoms with van der Waals surface area (Å²) in [6, 6.07) is 0. The van der Waals surface area contributed by atoms with Gasteiger partial charge in [0.1, 0.15) is 0 Å². The highest BCUT2D eigenvalue weighted by Gasteiger charge is 2.48. The van der Waals surface area contributed by atoms with Crippen molar-refractivity contribution >= 4 is 0 Å². The van der Waals surface area contributed by atoms with Crippen LogP contribution in [0.15, 0.2) is 35.5 Å². The van der Waals surface area contributed by atoms with Gasteiger partial charge in [-0.1, -0.05) is 70.4 Å². The van der Waals surface area contributed by atoms with Crippen molar-refractivity contribution in [2.75, 3.05) is 0 Å². The Morgan fingerprint density at radius 2 is 1.78 bits per heavy atom. The molecular weight excluding hydrogens is 324 g/mol. The monoisotopic (exact) mass is 368 g/mol. The molecule has 0 nitrogen and oxygen atoms in total. The molecule has 0 heteroatoms. The highest BCUT2D eigenvalue weighted by molar-refractivity contribution is 5.35. The van der Waals surface area contributed by atoms with Crippen molar-refractivity contribution in [1.29, 1.82) is 0 Å². The topological polar surface area (TPSA) is 0 Å². The molecule has 3 atom stereocenters. The third kappa shape index (κ3) is 5.18. The van der Waals surface area contributed by atoms with Gasteiger partial charge in [-0.2, -0.15) is 0 Å².